The first-order chi connectivity index (χ1) is 13.9. The van der Waals surface area contributed by atoms with E-state index in [-0.39, 0.29) is 18.0 Å². The molecule has 29 heavy (non-hydrogen) atoms. The lowest BCUT2D eigenvalue weighted by atomic mass is 10.0. The molecular formula is C15H15N7O4S3. The molecule has 0 saturated carbocycles. The van der Waals surface area contributed by atoms with Crippen LogP contribution in [-0.4, -0.2) is 70.9 Å². The average Bonchev–Trinajstić information content (AvgIpc) is 3.35. The average molecular weight is 454 g/mol. The molecule has 2 atom stereocenters. The van der Waals surface area contributed by atoms with Gasteiger partial charge in [0.25, 0.3) is 5.91 Å². The third-order valence-electron chi connectivity index (χ3n) is 4.25. The first-order valence-corrected chi connectivity index (χ1v) is 11.2. The van der Waals surface area contributed by atoms with E-state index in [1.807, 2.05) is 0 Å². The molecule has 0 aliphatic carbocycles. The number of H-pyrrole nitrogens is 1. The highest BCUT2D eigenvalue weighted by atomic mass is 32.2. The first kappa shape index (κ1) is 19.7. The Bertz CT molecular complexity index is 990. The maximum absolute atomic E-state index is 12.6. The van der Waals surface area contributed by atoms with Crippen molar-refractivity contribution in [3.05, 3.63) is 28.7 Å². The van der Waals surface area contributed by atoms with Crippen LogP contribution < -0.4 is 11.1 Å². The molecule has 4 heterocycles. The first-order valence-electron chi connectivity index (χ1n) is 8.31. The Morgan fingerprint density at radius 1 is 1.48 bits per heavy atom. The third kappa shape index (κ3) is 3.95. The smallest absolute Gasteiger partial charge is 0.352 e. The van der Waals surface area contributed by atoms with Crippen molar-refractivity contribution < 1.29 is 19.5 Å². The lowest BCUT2D eigenvalue weighted by Crippen LogP contribution is -2.70. The minimum absolute atomic E-state index is 0.00949. The summed E-state index contributed by atoms with van der Waals surface area (Å²) in [7, 11) is 0. The summed E-state index contributed by atoms with van der Waals surface area (Å²) in [5, 5.41) is 21.0. The monoisotopic (exact) mass is 453 g/mol. The van der Waals surface area contributed by atoms with Gasteiger partial charge in [0.15, 0.2) is 10.3 Å². The quantitative estimate of drug-likeness (QED) is 0.329. The van der Waals surface area contributed by atoms with Gasteiger partial charge in [-0.1, -0.05) is 11.8 Å². The molecule has 5 N–H and O–H groups in total. The molecule has 2 amide bonds. The summed E-state index contributed by atoms with van der Waals surface area (Å²) in [4.78, 5) is 45.9. The van der Waals surface area contributed by atoms with Crippen LogP contribution in [0.4, 0.5) is 5.13 Å². The minimum Gasteiger partial charge on any atom is -0.477 e. The number of thiazole rings is 1. The number of nitrogen functional groups attached to an aromatic ring is 1. The molecule has 2 aliphatic rings. The van der Waals surface area contributed by atoms with Crippen LogP contribution in [0.25, 0.3) is 0 Å². The van der Waals surface area contributed by atoms with Gasteiger partial charge >= 0.3 is 5.97 Å². The maximum Gasteiger partial charge on any atom is 0.352 e. The second-order valence-electron chi connectivity index (χ2n) is 6.15. The van der Waals surface area contributed by atoms with Gasteiger partial charge in [-0.3, -0.25) is 19.6 Å². The van der Waals surface area contributed by atoms with Crippen LogP contribution in [0, 0.1) is 0 Å². The van der Waals surface area contributed by atoms with E-state index in [4.69, 9.17) is 5.73 Å². The van der Waals surface area contributed by atoms with E-state index in [0.717, 1.165) is 0 Å². The second kappa shape index (κ2) is 8.04. The number of aromatic amines is 1. The summed E-state index contributed by atoms with van der Waals surface area (Å²) < 4.78 is 0. The van der Waals surface area contributed by atoms with E-state index in [0.29, 0.717) is 33.1 Å². The van der Waals surface area contributed by atoms with E-state index in [9.17, 15) is 19.5 Å². The molecule has 2 aromatic heterocycles. The summed E-state index contributed by atoms with van der Waals surface area (Å²) in [6.07, 6.45) is 1.38. The highest BCUT2D eigenvalue weighted by Gasteiger charge is 2.54. The van der Waals surface area contributed by atoms with Gasteiger partial charge in [0.2, 0.25) is 5.91 Å². The van der Waals surface area contributed by atoms with Gasteiger partial charge in [-0.25, -0.2) is 14.8 Å². The Morgan fingerprint density at radius 3 is 2.97 bits per heavy atom. The van der Waals surface area contributed by atoms with Crippen LogP contribution in [0.1, 0.15) is 5.69 Å². The molecule has 1 saturated heterocycles. The SMILES string of the molecule is Nc1nc(CC(=O)NC2C(=O)N3C(C(=O)O)=C(CSc4ncn[nH]4)CS[C@@H]23)cs1. The maximum atomic E-state index is 12.6. The summed E-state index contributed by atoms with van der Waals surface area (Å²) in [6.45, 7) is 0. The van der Waals surface area contributed by atoms with Crippen LogP contribution in [0.5, 0.6) is 0 Å². The van der Waals surface area contributed by atoms with Gasteiger partial charge in [0, 0.05) is 16.9 Å². The van der Waals surface area contributed by atoms with Gasteiger partial charge in [-0.15, -0.1) is 23.1 Å². The van der Waals surface area contributed by atoms with Crippen LogP contribution in [0.3, 0.4) is 0 Å². The van der Waals surface area contributed by atoms with E-state index >= 15 is 0 Å². The van der Waals surface area contributed by atoms with Gasteiger partial charge in [-0.05, 0) is 5.57 Å². The summed E-state index contributed by atoms with van der Waals surface area (Å²) in [5.41, 5.74) is 6.68. The number of amides is 2. The van der Waals surface area contributed by atoms with Gasteiger partial charge < -0.3 is 16.2 Å². The van der Waals surface area contributed by atoms with Crippen LogP contribution >= 0.6 is 34.9 Å². The fourth-order valence-electron chi connectivity index (χ4n) is 3.01. The number of aromatic nitrogens is 4. The minimum atomic E-state index is -1.17. The molecule has 0 bridgehead atoms. The van der Waals surface area contributed by atoms with Crippen LogP contribution in [-0.2, 0) is 20.8 Å². The number of thioether (sulfide) groups is 2. The highest BCUT2D eigenvalue weighted by molar-refractivity contribution is 8.01. The molecule has 1 fully saturated rings. The van der Waals surface area contributed by atoms with Crippen LogP contribution in [0.15, 0.2) is 28.1 Å². The topological polar surface area (TPSA) is 167 Å². The number of hydrogen-bond donors (Lipinski definition) is 4. The molecule has 4 rings (SSSR count). The predicted octanol–water partition coefficient (Wildman–Crippen LogP) is -0.0832. The molecular weight excluding hydrogens is 438 g/mol. The normalized spacial score (nSPS) is 21.0. The molecule has 0 aromatic carbocycles. The highest BCUT2D eigenvalue weighted by Crippen LogP contribution is 2.41. The van der Waals surface area contributed by atoms with Gasteiger partial charge in [-0.2, -0.15) is 5.10 Å². The van der Waals surface area contributed by atoms with Crippen LogP contribution in [0.2, 0.25) is 0 Å². The van der Waals surface area contributed by atoms with Crippen molar-refractivity contribution in [2.24, 2.45) is 0 Å². The summed E-state index contributed by atoms with van der Waals surface area (Å²) in [6, 6.07) is -0.763. The van der Waals surface area contributed by atoms with Crippen molar-refractivity contribution in [1.29, 1.82) is 0 Å². The Morgan fingerprint density at radius 2 is 2.31 bits per heavy atom. The number of rotatable bonds is 7. The van der Waals surface area contributed by atoms with E-state index in [2.05, 4.69) is 25.5 Å². The van der Waals surface area contributed by atoms with E-state index in [1.165, 1.54) is 46.1 Å². The van der Waals surface area contributed by atoms with E-state index < -0.39 is 23.3 Å². The fraction of sp³-hybridized carbons (Fsp3) is 0.333. The third-order valence-corrected chi connectivity index (χ3v) is 7.28. The molecule has 14 heteroatoms. The lowest BCUT2D eigenvalue weighted by Gasteiger charge is -2.49. The standard InChI is InChI=1S/C15H15N7O4S3/c16-14-19-7(4-28-14)1-8(23)20-9-11(24)22-10(13(25)26)6(2-27-12(9)22)3-29-15-17-5-18-21-15/h4-5,9,12H,1-3H2,(H2,16,19)(H,20,23)(H,25,26)(H,17,18,21)/t9?,12-/m0/s1. The molecule has 2 aliphatic heterocycles. The number of carboxylic acid groups (broad SMARTS) is 1. The van der Waals surface area contributed by atoms with Crippen molar-refractivity contribution in [3.8, 4) is 0 Å². The molecule has 2 aromatic rings. The van der Waals surface area contributed by atoms with Crippen molar-refractivity contribution >= 4 is 57.8 Å². The Kier molecular flexibility index (Phi) is 5.47. The zero-order valence-electron chi connectivity index (χ0n) is 14.7. The van der Waals surface area contributed by atoms with E-state index in [1.54, 1.807) is 5.38 Å². The Labute approximate surface area is 176 Å². The number of fused-ring (bicyclic) bond motifs is 1. The number of β-lactam (4-membered cyclic amide) rings is 1. The van der Waals surface area contributed by atoms with Crippen molar-refractivity contribution in [2.75, 3.05) is 17.2 Å². The number of aliphatic carboxylic acids is 1. The molecule has 1 unspecified atom stereocenters. The Hall–Kier alpha value is -2.58. The molecule has 152 valence electrons. The Balaban J connectivity index is 1.43. The lowest BCUT2D eigenvalue weighted by molar-refractivity contribution is -0.150. The molecule has 0 spiro atoms. The molecule has 11 nitrogen and oxygen atoms in total. The summed E-state index contributed by atoms with van der Waals surface area (Å²) in [5.74, 6) is -1.16. The van der Waals surface area contributed by atoms with Gasteiger partial charge in [0.05, 0.1) is 12.1 Å². The largest absolute Gasteiger partial charge is 0.477 e. The van der Waals surface area contributed by atoms with Gasteiger partial charge in [0.1, 0.15) is 23.4 Å². The number of nitrogens with two attached hydrogens (primary N) is 1. The van der Waals surface area contributed by atoms with Crippen molar-refractivity contribution in [3.63, 3.8) is 0 Å². The summed E-state index contributed by atoms with van der Waals surface area (Å²) >= 11 is 3.96. The number of carbonyl (C=O) groups is 3. The number of nitrogens with zero attached hydrogens (tertiary/aromatic N) is 4. The molecule has 0 radical (unpaired) electrons. The number of nitrogens with one attached hydrogen (secondary N) is 2. The fourth-order valence-corrected chi connectivity index (χ4v) is 5.83. The number of carboxylic acids is 1. The second-order valence-corrected chi connectivity index (χ2v) is 9.10. The number of anilines is 1. The zero-order valence-corrected chi connectivity index (χ0v) is 17.1. The van der Waals surface area contributed by atoms with Crippen molar-refractivity contribution in [2.45, 2.75) is 23.0 Å². The number of carbonyl (C=O) groups excluding carboxylic acids is 2. The number of hydrogen-bond acceptors (Lipinski definition) is 10. The predicted molar refractivity (Wildman–Crippen MR) is 107 cm³/mol. The zero-order chi connectivity index (χ0) is 20.5. The van der Waals surface area contributed by atoms with Crippen molar-refractivity contribution in [1.82, 2.24) is 30.4 Å².